The smallest absolute Gasteiger partial charge is 0.411 e. The summed E-state index contributed by atoms with van der Waals surface area (Å²) in [7, 11) is 0. The Hall–Kier alpha value is -3.09. The van der Waals surface area contributed by atoms with Gasteiger partial charge in [0.1, 0.15) is 6.10 Å². The summed E-state index contributed by atoms with van der Waals surface area (Å²) in [6, 6.07) is 15.9. The maximum atomic E-state index is 13.6. The third-order valence-electron chi connectivity index (χ3n) is 6.06. The summed E-state index contributed by atoms with van der Waals surface area (Å²) in [4.78, 5) is 28.7. The number of amides is 2. The number of carbonyl (C=O) groups is 2. The van der Waals surface area contributed by atoms with E-state index in [1.807, 2.05) is 42.2 Å². The van der Waals surface area contributed by atoms with Gasteiger partial charge >= 0.3 is 6.09 Å². The quantitative estimate of drug-likeness (QED) is 0.696. The first-order valence-electron chi connectivity index (χ1n) is 10.7. The molecule has 0 N–H and O–H groups in total. The van der Waals surface area contributed by atoms with Crippen LogP contribution in [0.3, 0.4) is 0 Å². The van der Waals surface area contributed by atoms with Gasteiger partial charge in [-0.2, -0.15) is 0 Å². The van der Waals surface area contributed by atoms with Crippen molar-refractivity contribution in [2.45, 2.75) is 44.4 Å². The minimum Gasteiger partial charge on any atom is -0.490 e. The molecule has 0 aliphatic carbocycles. The number of rotatable bonds is 6. The van der Waals surface area contributed by atoms with Crippen LogP contribution in [0.2, 0.25) is 0 Å². The van der Waals surface area contributed by atoms with E-state index in [2.05, 4.69) is 0 Å². The number of likely N-dealkylation sites (tertiary alicyclic amines) is 1. The first-order valence-corrected chi connectivity index (χ1v) is 10.7. The van der Waals surface area contributed by atoms with Gasteiger partial charge in [-0.1, -0.05) is 42.5 Å². The molecule has 0 unspecified atom stereocenters. The normalized spacial score (nSPS) is 21.8. The number of benzene rings is 2. The number of cyclic esters (lactones) is 1. The minimum absolute atomic E-state index is 0.0194. The third kappa shape index (κ3) is 4.65. The molecule has 2 aromatic rings. The Labute approximate surface area is 181 Å². The number of carbonyl (C=O) groups excluding carboxylic acids is 2. The molecule has 31 heavy (non-hydrogen) atoms. The van der Waals surface area contributed by atoms with Crippen molar-refractivity contribution in [3.05, 3.63) is 66.0 Å². The van der Waals surface area contributed by atoms with Crippen LogP contribution in [-0.2, 0) is 9.53 Å². The zero-order valence-corrected chi connectivity index (χ0v) is 17.6. The lowest BCUT2D eigenvalue weighted by atomic mass is 9.98. The fourth-order valence-corrected chi connectivity index (χ4v) is 4.41. The molecule has 2 fully saturated rings. The third-order valence-corrected chi connectivity index (χ3v) is 6.06. The molecular formula is C24H27FN2O4. The summed E-state index contributed by atoms with van der Waals surface area (Å²) in [5.41, 5.74) is 0.994. The molecule has 2 amide bonds. The lowest BCUT2D eigenvalue weighted by molar-refractivity contribution is -0.133. The lowest BCUT2D eigenvalue weighted by Crippen LogP contribution is -2.49. The van der Waals surface area contributed by atoms with Gasteiger partial charge in [-0.25, -0.2) is 9.18 Å². The first kappa shape index (κ1) is 21.2. The molecule has 0 saturated carbocycles. The Kier molecular flexibility index (Phi) is 6.39. The Morgan fingerprint density at radius 3 is 2.48 bits per heavy atom. The molecule has 4 rings (SSSR count). The van der Waals surface area contributed by atoms with E-state index >= 15 is 0 Å². The van der Waals surface area contributed by atoms with Crippen LogP contribution in [0.4, 0.5) is 9.18 Å². The van der Waals surface area contributed by atoms with Gasteiger partial charge in [0.15, 0.2) is 11.6 Å². The zero-order chi connectivity index (χ0) is 21.8. The van der Waals surface area contributed by atoms with E-state index < -0.39 is 5.82 Å². The van der Waals surface area contributed by atoms with E-state index in [9.17, 15) is 14.0 Å². The average molecular weight is 426 g/mol. The monoisotopic (exact) mass is 426 g/mol. The molecule has 2 aliphatic rings. The van der Waals surface area contributed by atoms with Gasteiger partial charge in [0.25, 0.3) is 0 Å². The molecule has 2 saturated heterocycles. The highest BCUT2D eigenvalue weighted by molar-refractivity contribution is 5.76. The molecule has 7 heteroatoms. The van der Waals surface area contributed by atoms with E-state index in [0.29, 0.717) is 25.9 Å². The molecule has 0 bridgehead atoms. The second-order valence-electron chi connectivity index (χ2n) is 8.00. The summed E-state index contributed by atoms with van der Waals surface area (Å²) in [5, 5.41) is 0. The SMILES string of the molecule is C[C@@H]1[C@H](c2ccccc2)OC(=O)N1C1CCN(C(=O)CCOc2ccccc2F)CC1. The van der Waals surface area contributed by atoms with Gasteiger partial charge in [0.2, 0.25) is 5.91 Å². The predicted molar refractivity (Wildman–Crippen MR) is 113 cm³/mol. The van der Waals surface area contributed by atoms with Crippen LogP contribution >= 0.6 is 0 Å². The summed E-state index contributed by atoms with van der Waals surface area (Å²) < 4.78 is 24.7. The van der Waals surface area contributed by atoms with Crippen molar-refractivity contribution in [2.75, 3.05) is 19.7 Å². The van der Waals surface area contributed by atoms with Crippen molar-refractivity contribution in [3.63, 3.8) is 0 Å². The maximum absolute atomic E-state index is 13.6. The molecule has 2 atom stereocenters. The zero-order valence-electron chi connectivity index (χ0n) is 17.6. The molecule has 164 valence electrons. The van der Waals surface area contributed by atoms with Gasteiger partial charge in [-0.15, -0.1) is 0 Å². The average Bonchev–Trinajstić information content (AvgIpc) is 3.09. The second kappa shape index (κ2) is 9.37. The standard InChI is InChI=1S/C24H27FN2O4/c1-17-23(18-7-3-2-4-8-18)31-24(29)27(17)19-11-14-26(15-12-19)22(28)13-16-30-21-10-6-5-9-20(21)25/h2-10,17,19,23H,11-16H2,1H3/t17-,23-/m1/s1. The second-order valence-corrected chi connectivity index (χ2v) is 8.00. The highest BCUT2D eigenvalue weighted by Gasteiger charge is 2.44. The Morgan fingerprint density at radius 1 is 1.10 bits per heavy atom. The van der Waals surface area contributed by atoms with Crippen LogP contribution in [0.1, 0.15) is 37.9 Å². The van der Waals surface area contributed by atoms with Crippen molar-refractivity contribution in [1.82, 2.24) is 9.80 Å². The van der Waals surface area contributed by atoms with Crippen molar-refractivity contribution in [1.29, 1.82) is 0 Å². The molecular weight excluding hydrogens is 399 g/mol. The van der Waals surface area contributed by atoms with Crippen molar-refractivity contribution in [3.8, 4) is 5.75 Å². The van der Waals surface area contributed by atoms with Crippen LogP contribution in [-0.4, -0.2) is 53.6 Å². The van der Waals surface area contributed by atoms with Crippen LogP contribution < -0.4 is 4.74 Å². The molecule has 0 spiro atoms. The number of para-hydroxylation sites is 1. The Balaban J connectivity index is 1.27. The molecule has 0 aromatic heterocycles. The maximum Gasteiger partial charge on any atom is 0.411 e. The van der Waals surface area contributed by atoms with Gasteiger partial charge in [-0.05, 0) is 37.5 Å². The topological polar surface area (TPSA) is 59.1 Å². The van der Waals surface area contributed by atoms with E-state index in [-0.39, 0.29) is 49.0 Å². The summed E-state index contributed by atoms with van der Waals surface area (Å²) in [6.45, 7) is 3.31. The number of ether oxygens (including phenoxy) is 2. The van der Waals surface area contributed by atoms with Crippen molar-refractivity contribution in [2.24, 2.45) is 0 Å². The highest BCUT2D eigenvalue weighted by Crippen LogP contribution is 2.35. The van der Waals surface area contributed by atoms with Crippen molar-refractivity contribution >= 4 is 12.0 Å². The largest absolute Gasteiger partial charge is 0.490 e. The van der Waals surface area contributed by atoms with Crippen LogP contribution in [0.15, 0.2) is 54.6 Å². The fourth-order valence-electron chi connectivity index (χ4n) is 4.41. The highest BCUT2D eigenvalue weighted by atomic mass is 19.1. The van der Waals surface area contributed by atoms with Gasteiger partial charge in [-0.3, -0.25) is 9.69 Å². The van der Waals surface area contributed by atoms with Crippen molar-refractivity contribution < 1.29 is 23.5 Å². The van der Waals surface area contributed by atoms with E-state index in [4.69, 9.17) is 9.47 Å². The van der Waals surface area contributed by atoms with Gasteiger partial charge < -0.3 is 14.4 Å². The predicted octanol–water partition coefficient (Wildman–Crippen LogP) is 4.17. The number of nitrogens with zero attached hydrogens (tertiary/aromatic N) is 2. The molecule has 2 heterocycles. The van der Waals surface area contributed by atoms with E-state index in [1.54, 1.807) is 23.1 Å². The number of piperidine rings is 1. The molecule has 2 aromatic carbocycles. The van der Waals surface area contributed by atoms with E-state index in [1.165, 1.54) is 6.07 Å². The van der Waals surface area contributed by atoms with Crippen LogP contribution in [0, 0.1) is 5.82 Å². The lowest BCUT2D eigenvalue weighted by Gasteiger charge is -2.37. The van der Waals surface area contributed by atoms with Crippen LogP contribution in [0.5, 0.6) is 5.75 Å². The number of halogens is 1. The molecule has 0 radical (unpaired) electrons. The Bertz CT molecular complexity index is 915. The summed E-state index contributed by atoms with van der Waals surface area (Å²) in [5.74, 6) is -0.298. The number of hydrogen-bond acceptors (Lipinski definition) is 4. The van der Waals surface area contributed by atoms with Gasteiger partial charge in [0, 0.05) is 19.1 Å². The molecule has 6 nitrogen and oxygen atoms in total. The summed E-state index contributed by atoms with van der Waals surface area (Å²) >= 11 is 0. The summed E-state index contributed by atoms with van der Waals surface area (Å²) in [6.07, 6.45) is 1.05. The van der Waals surface area contributed by atoms with Gasteiger partial charge in [0.05, 0.1) is 19.1 Å². The van der Waals surface area contributed by atoms with E-state index in [0.717, 1.165) is 5.56 Å². The first-order chi connectivity index (χ1) is 15.0. The Morgan fingerprint density at radius 2 is 1.77 bits per heavy atom. The van der Waals surface area contributed by atoms with Crippen LogP contribution in [0.25, 0.3) is 0 Å². The molecule has 2 aliphatic heterocycles. The minimum atomic E-state index is -0.434. The fraction of sp³-hybridized carbons (Fsp3) is 0.417. The number of hydrogen-bond donors (Lipinski definition) is 0.